The number of amides is 5. The van der Waals surface area contributed by atoms with Gasteiger partial charge in [0.15, 0.2) is 11.5 Å². The van der Waals surface area contributed by atoms with E-state index in [-0.39, 0.29) is 66.4 Å². The third kappa shape index (κ3) is 36.6. The van der Waals surface area contributed by atoms with Gasteiger partial charge in [0.25, 0.3) is 0 Å². The van der Waals surface area contributed by atoms with Crippen LogP contribution in [0.2, 0.25) is 0 Å². The second-order valence-electron chi connectivity index (χ2n) is 30.0. The summed E-state index contributed by atoms with van der Waals surface area (Å²) in [6.45, 7) is 2.15. The number of carbonyl (C=O) groups excluding carboxylic acids is 5. The highest BCUT2D eigenvalue weighted by molar-refractivity contribution is 8.00. The van der Waals surface area contributed by atoms with Gasteiger partial charge in [0.1, 0.15) is 28.7 Å². The van der Waals surface area contributed by atoms with E-state index in [2.05, 4.69) is 22.1 Å². The van der Waals surface area contributed by atoms with Gasteiger partial charge < -0.3 is 58.4 Å². The maximum absolute atomic E-state index is 13.0. The zero-order chi connectivity index (χ0) is 95.6. The number of para-hydroxylation sites is 5. The molecule has 1 aliphatic heterocycles. The molecule has 132 heavy (non-hydrogen) atoms. The zero-order valence-corrected chi connectivity index (χ0v) is 78.6. The fourth-order valence-corrected chi connectivity index (χ4v) is 17.0. The van der Waals surface area contributed by atoms with Gasteiger partial charge in [0.2, 0.25) is 36.3 Å². The number of carbonyl (C=O) groups is 5. The fourth-order valence-electron chi connectivity index (χ4n) is 12.8. The summed E-state index contributed by atoms with van der Waals surface area (Å²) in [7, 11) is 13.5. The molecule has 0 radical (unpaired) electrons. The number of nitrogens with zero attached hydrogens (tertiary/aromatic N) is 7. The molecule has 0 saturated heterocycles. The molecule has 0 aliphatic carbocycles. The number of halogens is 9. The lowest BCUT2D eigenvalue weighted by Gasteiger charge is -2.20. The molecule has 0 spiro atoms. The number of ether oxygens (including phenoxy) is 5. The number of fused-ring (bicyclic) bond motifs is 2. The van der Waals surface area contributed by atoms with Crippen LogP contribution in [0.15, 0.2) is 268 Å². The molecule has 1 aliphatic rings. The fraction of sp³-hybridized carbons (Fsp3) is 0.323. The van der Waals surface area contributed by atoms with Crippen molar-refractivity contribution in [3.8, 4) is 40.2 Å². The molecule has 2 aromatic heterocycles. The molecule has 0 saturated carbocycles. The monoisotopic (exact) mass is 1920 g/mol. The Morgan fingerprint density at radius 1 is 0.356 bits per heavy atom. The van der Waals surface area contributed by atoms with Crippen molar-refractivity contribution in [3.05, 3.63) is 287 Å². The number of benzene rings is 9. The summed E-state index contributed by atoms with van der Waals surface area (Å²) < 4.78 is 141. The minimum atomic E-state index is -4.43. The maximum atomic E-state index is 13.0. The van der Waals surface area contributed by atoms with Crippen LogP contribution in [0.1, 0.15) is 109 Å². The number of aromatic hydroxyl groups is 2. The first-order valence-electron chi connectivity index (χ1n) is 42.1. The summed E-state index contributed by atoms with van der Waals surface area (Å²) in [5, 5.41) is 21.2. The molecule has 0 fully saturated rings. The van der Waals surface area contributed by atoms with Gasteiger partial charge in [-0.1, -0.05) is 109 Å². The van der Waals surface area contributed by atoms with Gasteiger partial charge in [0.05, 0.1) is 53.6 Å². The average Bonchev–Trinajstić information content (AvgIpc) is 1.60. The van der Waals surface area contributed by atoms with E-state index in [1.165, 1.54) is 71.9 Å². The number of phenolic OH excluding ortho intramolecular Hbond substituents is 2. The molecular formula is C99H108F9N7O12S5. The van der Waals surface area contributed by atoms with Crippen LogP contribution in [0.4, 0.5) is 39.5 Å². The number of phenols is 2. The van der Waals surface area contributed by atoms with E-state index >= 15 is 0 Å². The molecule has 19 nitrogen and oxygen atoms in total. The first-order valence-corrected chi connectivity index (χ1v) is 47.0. The third-order valence-electron chi connectivity index (χ3n) is 20.0. The van der Waals surface area contributed by atoms with Crippen molar-refractivity contribution in [3.63, 3.8) is 0 Å². The summed E-state index contributed by atoms with van der Waals surface area (Å²) in [4.78, 5) is 80.8. The summed E-state index contributed by atoms with van der Waals surface area (Å²) in [5.74, 6) is 8.06. The van der Waals surface area contributed by atoms with Crippen molar-refractivity contribution >= 4 is 99.2 Å². The zero-order valence-electron chi connectivity index (χ0n) is 74.5. The number of hydrogen-bond acceptors (Lipinski definition) is 19. The highest BCUT2D eigenvalue weighted by Crippen LogP contribution is 2.38. The van der Waals surface area contributed by atoms with Gasteiger partial charge in [-0.15, -0.1) is 58.8 Å². The number of thioether (sulfide) groups is 5. The predicted molar refractivity (Wildman–Crippen MR) is 504 cm³/mol. The molecule has 0 unspecified atom stereocenters. The van der Waals surface area contributed by atoms with Crippen LogP contribution in [-0.2, 0) is 75.2 Å². The molecule has 0 atom stereocenters. The van der Waals surface area contributed by atoms with Crippen molar-refractivity contribution in [1.82, 2.24) is 34.5 Å². The molecule has 0 bridgehead atoms. The van der Waals surface area contributed by atoms with Gasteiger partial charge in [-0.2, -0.15) is 39.5 Å². The van der Waals surface area contributed by atoms with Crippen LogP contribution in [0.3, 0.4) is 0 Å². The smallest absolute Gasteiger partial charge is 0.417 e. The lowest BCUT2D eigenvalue weighted by atomic mass is 10.1. The highest BCUT2D eigenvalue weighted by Gasteiger charge is 2.34. The summed E-state index contributed by atoms with van der Waals surface area (Å²) in [5.41, 5.74) is 2.83. The quantitative estimate of drug-likeness (QED) is 0.0209. The molecule has 11 aromatic rings. The van der Waals surface area contributed by atoms with Gasteiger partial charge in [-0.3, -0.25) is 24.0 Å². The van der Waals surface area contributed by atoms with Crippen LogP contribution >= 0.6 is 58.8 Å². The lowest BCUT2D eigenvalue weighted by molar-refractivity contribution is -0.139. The molecule has 9 aromatic carbocycles. The van der Waals surface area contributed by atoms with Gasteiger partial charge in [0, 0.05) is 149 Å². The molecular weight excluding hydrogens is 1810 g/mol. The first-order chi connectivity index (χ1) is 63.2. The number of aromatic nitrogens is 2. The predicted octanol–water partition coefficient (Wildman–Crippen LogP) is 23.3. The SMILES string of the molecule is CN(Cc1cccc2c1OCO2)C(=O)CCCSc1ccc(O)cc1.CN(Cc1ccccc1C(F)(F)F)C(=O)CCCSc1ccc(O)cc1.COc1ccccc1CN(C)C(=O)CCCSc1ccc(C(F)(F)F)cc1.COc1ccccc1CN(C)C(=O)CCCSc1ccc(C(F)(F)F)cn1.COc1ccccc1CN(C)C(=O)CCCSc1ccc2ccccc2n1. The van der Waals surface area contributed by atoms with Gasteiger partial charge in [-0.25, -0.2) is 9.97 Å². The van der Waals surface area contributed by atoms with Crippen LogP contribution < -0.4 is 23.7 Å². The highest BCUT2D eigenvalue weighted by atomic mass is 32.2. The second kappa shape index (κ2) is 54.6. The molecule has 3 heterocycles. The van der Waals surface area contributed by atoms with Gasteiger partial charge >= 0.3 is 18.5 Å². The Bertz CT molecular complexity index is 5290. The van der Waals surface area contributed by atoms with E-state index in [4.69, 9.17) is 23.7 Å². The molecule has 704 valence electrons. The molecule has 2 N–H and O–H groups in total. The van der Waals surface area contributed by atoms with Crippen LogP contribution in [0, 0.1) is 0 Å². The van der Waals surface area contributed by atoms with E-state index in [0.717, 1.165) is 136 Å². The van der Waals surface area contributed by atoms with Crippen molar-refractivity contribution in [1.29, 1.82) is 0 Å². The van der Waals surface area contributed by atoms with Crippen LogP contribution in [0.5, 0.6) is 40.2 Å². The minimum absolute atomic E-state index is 0.00175. The molecule has 5 amide bonds. The standard InChI is InChI=1S/C22H24N2O2S.C20H22F3NO2S.C19H21F3N2O2S.C19H20F3NO2S.C19H21NO4S/c1-24(16-18-9-4-6-11-20(18)26-2)22(25)12-7-15-27-21-14-13-17-8-3-5-10-19(17)23-21;1-24(14-15-6-3-4-7-18(15)26-2)19(25)8-5-13-27-17-11-9-16(10-12-17)20(21,22)23;1-24(13-14-6-3-4-7-16(14)26-2)18(25)8-5-11-27-17-10-9-15(12-23-17)19(20,21)22;1-23(13-14-5-2-3-6-17(14)19(20,21)22)18(25)7-4-12-26-16-10-8-15(24)9-11-16;1-20(12-14-4-2-5-17-19(14)24-13-23-17)18(22)6-3-11-25-16-9-7-15(21)8-10-16/h3-6,8-11,13-14H,7,12,15-16H2,1-2H3;3-4,6-7,9-12H,5,8,13-14H2,1-2H3;3-4,6-7,9-10,12H,5,8,11,13H2,1-2H3;2-3,5-6,8-11,24H,4,7,12-13H2,1H3;2,4-5,7-10,21H,3,6,11-13H2,1H3. The van der Waals surface area contributed by atoms with Crippen molar-refractivity contribution in [2.45, 2.75) is 140 Å². The number of alkyl halides is 9. The summed E-state index contributed by atoms with van der Waals surface area (Å²) in [6.07, 6.45) is -6.71. The first kappa shape index (κ1) is 106. The van der Waals surface area contributed by atoms with Crippen molar-refractivity contribution in [2.75, 3.05) is 92.1 Å². The Balaban J connectivity index is 0.000000203. The molecule has 33 heteroatoms. The second-order valence-corrected chi connectivity index (χ2v) is 35.7. The number of pyridine rings is 2. The normalized spacial score (nSPS) is 11.4. The largest absolute Gasteiger partial charge is 0.508 e. The van der Waals surface area contributed by atoms with E-state index in [1.807, 2.05) is 141 Å². The Morgan fingerprint density at radius 3 is 1.10 bits per heavy atom. The van der Waals surface area contributed by atoms with E-state index in [0.29, 0.717) is 93.4 Å². The van der Waals surface area contributed by atoms with Crippen LogP contribution in [0.25, 0.3) is 10.9 Å². The maximum Gasteiger partial charge on any atom is 0.417 e. The lowest BCUT2D eigenvalue weighted by Crippen LogP contribution is -2.27. The summed E-state index contributed by atoms with van der Waals surface area (Å²) in [6, 6.07) is 67.5. The van der Waals surface area contributed by atoms with E-state index < -0.39 is 35.2 Å². The number of hydrogen-bond donors (Lipinski definition) is 2. The number of rotatable bonds is 38. The summed E-state index contributed by atoms with van der Waals surface area (Å²) >= 11 is 7.72. The minimum Gasteiger partial charge on any atom is -0.508 e. The van der Waals surface area contributed by atoms with Crippen molar-refractivity contribution < 1.29 is 97.4 Å². The van der Waals surface area contributed by atoms with Crippen LogP contribution in [-0.4, -0.2) is 166 Å². The number of methoxy groups -OCH3 is 3. The Kier molecular flexibility index (Phi) is 43.8. The van der Waals surface area contributed by atoms with Crippen molar-refractivity contribution in [2.24, 2.45) is 0 Å². The molecule has 12 rings (SSSR count). The topological polar surface area (TPSA) is 214 Å². The Labute approximate surface area is 785 Å². The Hall–Kier alpha value is -11.4. The average molecular weight is 1920 g/mol. The Morgan fingerprint density at radius 2 is 0.697 bits per heavy atom. The van der Waals surface area contributed by atoms with E-state index in [1.54, 1.807) is 127 Å². The third-order valence-corrected chi connectivity index (χ3v) is 25.4. The van der Waals surface area contributed by atoms with E-state index in [9.17, 15) is 73.7 Å². The van der Waals surface area contributed by atoms with Gasteiger partial charge in [-0.05, 0) is 194 Å².